The molecule has 0 radical (unpaired) electrons. The molecule has 0 unspecified atom stereocenters. The fourth-order valence-electron chi connectivity index (χ4n) is 2.12. The maximum absolute atomic E-state index is 12.0. The van der Waals surface area contributed by atoms with E-state index in [-0.39, 0.29) is 11.4 Å². The second-order valence-corrected chi connectivity index (χ2v) is 7.18. The maximum atomic E-state index is 12.0. The monoisotopic (exact) mass is 314 g/mol. The van der Waals surface area contributed by atoms with Crippen molar-refractivity contribution in [2.75, 3.05) is 6.61 Å². The van der Waals surface area contributed by atoms with E-state index in [9.17, 15) is 4.79 Å². The van der Waals surface area contributed by atoms with Crippen LogP contribution in [0.5, 0.6) is 0 Å². The van der Waals surface area contributed by atoms with E-state index < -0.39 is 0 Å². The predicted molar refractivity (Wildman–Crippen MR) is 97.5 cm³/mol. The largest absolute Gasteiger partial charge is 0.462 e. The zero-order valence-electron chi connectivity index (χ0n) is 15.2. The van der Waals surface area contributed by atoms with E-state index in [1.807, 2.05) is 18.2 Å². The number of ether oxygens (including phenoxy) is 1. The Morgan fingerprint density at radius 2 is 1.74 bits per heavy atom. The molecule has 0 amide bonds. The molecule has 0 heterocycles. The van der Waals surface area contributed by atoms with Crippen molar-refractivity contribution in [1.29, 1.82) is 0 Å². The topological polar surface area (TPSA) is 26.3 Å². The molecule has 0 saturated heterocycles. The Morgan fingerprint density at radius 3 is 2.35 bits per heavy atom. The first-order valence-electron chi connectivity index (χ1n) is 8.31. The van der Waals surface area contributed by atoms with Gasteiger partial charge in [0.25, 0.3) is 0 Å². The van der Waals surface area contributed by atoms with Crippen LogP contribution in [0.2, 0.25) is 0 Å². The SMILES string of the molecule is CC(C)=CCC/C(C)=C\CC(C)(C)COC(=O)c1ccccc1. The van der Waals surface area contributed by atoms with Crippen molar-refractivity contribution in [2.24, 2.45) is 5.41 Å². The van der Waals surface area contributed by atoms with E-state index in [0.29, 0.717) is 12.2 Å². The summed E-state index contributed by atoms with van der Waals surface area (Å²) in [6.45, 7) is 11.1. The van der Waals surface area contributed by atoms with Crippen LogP contribution < -0.4 is 0 Å². The standard InChI is InChI=1S/C21H30O2/c1-17(2)10-9-11-18(3)14-15-21(4,5)16-23-20(22)19-12-7-6-8-13-19/h6-8,10,12-14H,9,11,15-16H2,1-5H3/b18-14-. The molecule has 2 nitrogen and oxygen atoms in total. The number of carbonyl (C=O) groups is 1. The molecule has 23 heavy (non-hydrogen) atoms. The van der Waals surface area contributed by atoms with Crippen molar-refractivity contribution in [3.8, 4) is 0 Å². The lowest BCUT2D eigenvalue weighted by Crippen LogP contribution is -2.21. The molecule has 0 aliphatic heterocycles. The molecule has 0 saturated carbocycles. The normalized spacial score (nSPS) is 12.0. The number of carbonyl (C=O) groups excluding carboxylic acids is 1. The number of esters is 1. The lowest BCUT2D eigenvalue weighted by Gasteiger charge is -2.23. The van der Waals surface area contributed by atoms with E-state index in [4.69, 9.17) is 4.74 Å². The van der Waals surface area contributed by atoms with Crippen LogP contribution in [-0.2, 0) is 4.74 Å². The molecular weight excluding hydrogens is 284 g/mol. The number of hydrogen-bond acceptors (Lipinski definition) is 2. The first-order chi connectivity index (χ1) is 10.8. The van der Waals surface area contributed by atoms with Gasteiger partial charge in [-0.05, 0) is 52.2 Å². The first-order valence-corrected chi connectivity index (χ1v) is 8.31. The molecule has 0 aliphatic carbocycles. The van der Waals surface area contributed by atoms with Crippen LogP contribution in [0.1, 0.15) is 64.2 Å². The summed E-state index contributed by atoms with van der Waals surface area (Å²) in [6, 6.07) is 9.15. The predicted octanol–water partition coefficient (Wildman–Crippen LogP) is 5.95. The van der Waals surface area contributed by atoms with Gasteiger partial charge in [0, 0.05) is 5.41 Å². The van der Waals surface area contributed by atoms with Gasteiger partial charge in [0.2, 0.25) is 0 Å². The molecule has 0 aliphatic rings. The zero-order valence-corrected chi connectivity index (χ0v) is 15.2. The average Bonchev–Trinajstić information content (AvgIpc) is 2.51. The number of benzene rings is 1. The summed E-state index contributed by atoms with van der Waals surface area (Å²) in [7, 11) is 0. The fraction of sp³-hybridized carbons (Fsp3) is 0.476. The zero-order chi connectivity index (χ0) is 17.3. The molecule has 1 rings (SSSR count). The van der Waals surface area contributed by atoms with Gasteiger partial charge in [-0.3, -0.25) is 0 Å². The molecule has 0 spiro atoms. The van der Waals surface area contributed by atoms with Crippen LogP contribution in [0.4, 0.5) is 0 Å². The maximum Gasteiger partial charge on any atom is 0.338 e. The average molecular weight is 314 g/mol. The van der Waals surface area contributed by atoms with Gasteiger partial charge in [-0.1, -0.05) is 55.3 Å². The minimum atomic E-state index is -0.247. The van der Waals surface area contributed by atoms with Gasteiger partial charge in [0.05, 0.1) is 12.2 Å². The summed E-state index contributed by atoms with van der Waals surface area (Å²) in [5.74, 6) is -0.247. The van der Waals surface area contributed by atoms with Crippen molar-refractivity contribution in [1.82, 2.24) is 0 Å². The van der Waals surface area contributed by atoms with Gasteiger partial charge in [-0.25, -0.2) is 4.79 Å². The smallest absolute Gasteiger partial charge is 0.338 e. The van der Waals surface area contributed by atoms with Crippen molar-refractivity contribution in [2.45, 2.75) is 53.9 Å². The van der Waals surface area contributed by atoms with E-state index in [1.54, 1.807) is 12.1 Å². The minimum Gasteiger partial charge on any atom is -0.462 e. The third-order valence-electron chi connectivity index (χ3n) is 3.70. The van der Waals surface area contributed by atoms with Crippen LogP contribution in [0.25, 0.3) is 0 Å². The van der Waals surface area contributed by atoms with Crippen LogP contribution >= 0.6 is 0 Å². The van der Waals surface area contributed by atoms with Crippen molar-refractivity contribution >= 4 is 5.97 Å². The quantitative estimate of drug-likeness (QED) is 0.437. The molecule has 0 atom stereocenters. The van der Waals surface area contributed by atoms with E-state index in [1.165, 1.54) is 11.1 Å². The first kappa shape index (κ1) is 19.2. The molecule has 1 aromatic carbocycles. The van der Waals surface area contributed by atoms with Crippen molar-refractivity contribution < 1.29 is 9.53 Å². The summed E-state index contributed by atoms with van der Waals surface area (Å²) in [6.07, 6.45) is 7.63. The third kappa shape index (κ3) is 8.39. The molecule has 126 valence electrons. The summed E-state index contributed by atoms with van der Waals surface area (Å²) in [5.41, 5.74) is 3.31. The highest BCUT2D eigenvalue weighted by molar-refractivity contribution is 5.89. The van der Waals surface area contributed by atoms with Crippen molar-refractivity contribution in [3.63, 3.8) is 0 Å². The highest BCUT2D eigenvalue weighted by atomic mass is 16.5. The van der Waals surface area contributed by atoms with Crippen LogP contribution in [0.3, 0.4) is 0 Å². The van der Waals surface area contributed by atoms with E-state index in [0.717, 1.165) is 19.3 Å². The Kier molecular flexibility index (Phi) is 7.80. The Hall–Kier alpha value is -1.83. The summed E-state index contributed by atoms with van der Waals surface area (Å²) in [5, 5.41) is 0. The van der Waals surface area contributed by atoms with Crippen molar-refractivity contribution in [3.05, 3.63) is 59.2 Å². The summed E-state index contributed by atoms with van der Waals surface area (Å²) < 4.78 is 5.46. The van der Waals surface area contributed by atoms with Gasteiger partial charge in [-0.15, -0.1) is 0 Å². The lowest BCUT2D eigenvalue weighted by atomic mass is 9.89. The van der Waals surface area contributed by atoms with E-state index >= 15 is 0 Å². The lowest BCUT2D eigenvalue weighted by molar-refractivity contribution is 0.0345. The van der Waals surface area contributed by atoms with Gasteiger partial charge in [0.15, 0.2) is 0 Å². The summed E-state index contributed by atoms with van der Waals surface area (Å²) >= 11 is 0. The third-order valence-corrected chi connectivity index (χ3v) is 3.70. The molecule has 0 N–H and O–H groups in total. The Labute approximate surface area is 141 Å². The van der Waals surface area contributed by atoms with E-state index in [2.05, 4.69) is 46.8 Å². The van der Waals surface area contributed by atoms with Gasteiger partial charge in [-0.2, -0.15) is 0 Å². The van der Waals surface area contributed by atoms with Gasteiger partial charge >= 0.3 is 5.97 Å². The number of hydrogen-bond donors (Lipinski definition) is 0. The minimum absolute atomic E-state index is 0.0534. The highest BCUT2D eigenvalue weighted by Crippen LogP contribution is 2.23. The van der Waals surface area contributed by atoms with Crippen LogP contribution in [0, 0.1) is 5.41 Å². The highest BCUT2D eigenvalue weighted by Gasteiger charge is 2.19. The second-order valence-electron chi connectivity index (χ2n) is 7.18. The molecule has 0 bridgehead atoms. The van der Waals surface area contributed by atoms with Gasteiger partial charge in [0.1, 0.15) is 0 Å². The molecule has 0 aromatic heterocycles. The molecule has 2 heteroatoms. The number of allylic oxidation sites excluding steroid dienone is 4. The van der Waals surface area contributed by atoms with Crippen LogP contribution in [0.15, 0.2) is 53.6 Å². The van der Waals surface area contributed by atoms with Gasteiger partial charge < -0.3 is 4.74 Å². The number of rotatable bonds is 8. The molecule has 1 aromatic rings. The second kappa shape index (κ2) is 9.34. The summed E-state index contributed by atoms with van der Waals surface area (Å²) in [4.78, 5) is 12.0. The Bertz CT molecular complexity index is 546. The Morgan fingerprint density at radius 1 is 1.09 bits per heavy atom. The molecular formula is C21H30O2. The van der Waals surface area contributed by atoms with Crippen LogP contribution in [-0.4, -0.2) is 12.6 Å². The Balaban J connectivity index is 2.43. The molecule has 0 fully saturated rings. The fourth-order valence-corrected chi connectivity index (χ4v) is 2.12.